The van der Waals surface area contributed by atoms with Gasteiger partial charge in [-0.05, 0) is 30.3 Å². The molecule has 0 aliphatic carbocycles. The Morgan fingerprint density at radius 3 is 2.72 bits per heavy atom. The molecule has 0 fully saturated rings. The summed E-state index contributed by atoms with van der Waals surface area (Å²) in [5.74, 6) is -0.815. The second kappa shape index (κ2) is 7.36. The third-order valence-electron chi connectivity index (χ3n) is 3.75. The minimum Gasteiger partial charge on any atom is -0.326 e. The van der Waals surface area contributed by atoms with Crippen LogP contribution in [0.15, 0.2) is 48.5 Å². The van der Waals surface area contributed by atoms with Crippen LogP contribution in [0.25, 0.3) is 0 Å². The largest absolute Gasteiger partial charge is 0.326 e. The average molecular weight is 358 g/mol. The highest BCUT2D eigenvalue weighted by molar-refractivity contribution is 6.30. The lowest BCUT2D eigenvalue weighted by Crippen LogP contribution is -2.42. The molecule has 2 N–H and O–H groups in total. The van der Waals surface area contributed by atoms with E-state index < -0.39 is 0 Å². The zero-order valence-electron chi connectivity index (χ0n) is 13.3. The number of fused-ring (bicyclic) bond motifs is 1. The summed E-state index contributed by atoms with van der Waals surface area (Å²) < 4.78 is 0. The molecule has 3 rings (SSSR count). The molecule has 0 spiro atoms. The van der Waals surface area contributed by atoms with Gasteiger partial charge in [0.2, 0.25) is 17.7 Å². The van der Waals surface area contributed by atoms with E-state index in [1.165, 1.54) is 4.90 Å². The molecule has 3 amide bonds. The number of benzene rings is 2. The van der Waals surface area contributed by atoms with E-state index in [9.17, 15) is 14.4 Å². The number of nitrogens with zero attached hydrogens (tertiary/aromatic N) is 1. The van der Waals surface area contributed by atoms with Gasteiger partial charge in [0.15, 0.2) is 0 Å². The number of rotatable bonds is 4. The van der Waals surface area contributed by atoms with Crippen LogP contribution in [0, 0.1) is 0 Å². The highest BCUT2D eigenvalue weighted by Gasteiger charge is 2.26. The molecule has 0 saturated heterocycles. The summed E-state index contributed by atoms with van der Waals surface area (Å²) in [6, 6.07) is 13.9. The van der Waals surface area contributed by atoms with Gasteiger partial charge in [-0.25, -0.2) is 0 Å². The van der Waals surface area contributed by atoms with E-state index >= 15 is 0 Å². The molecular formula is C18H16ClN3O3. The molecule has 0 aromatic heterocycles. The lowest BCUT2D eigenvalue weighted by molar-refractivity contribution is -0.124. The van der Waals surface area contributed by atoms with E-state index in [1.807, 2.05) is 0 Å². The minimum absolute atomic E-state index is 0.00795. The maximum absolute atomic E-state index is 12.5. The molecule has 0 unspecified atom stereocenters. The summed E-state index contributed by atoms with van der Waals surface area (Å²) in [4.78, 5) is 37.6. The van der Waals surface area contributed by atoms with Crippen molar-refractivity contribution in [3.63, 3.8) is 0 Å². The SMILES string of the molecule is O=C(CCC(=O)N1CC(=O)Nc2ccccc21)Nc1cccc(Cl)c1. The van der Waals surface area contributed by atoms with Crippen LogP contribution in [0.2, 0.25) is 5.02 Å². The van der Waals surface area contributed by atoms with Gasteiger partial charge in [0.05, 0.1) is 11.4 Å². The number of halogens is 1. The molecule has 0 radical (unpaired) electrons. The van der Waals surface area contributed by atoms with Gasteiger partial charge in [-0.2, -0.15) is 0 Å². The predicted octanol–water partition coefficient (Wildman–Crippen LogP) is 3.04. The Morgan fingerprint density at radius 1 is 1.12 bits per heavy atom. The van der Waals surface area contributed by atoms with Gasteiger partial charge in [0.1, 0.15) is 6.54 Å². The lowest BCUT2D eigenvalue weighted by Gasteiger charge is -2.29. The molecule has 0 atom stereocenters. The number of carbonyl (C=O) groups is 3. The maximum atomic E-state index is 12.5. The first-order chi connectivity index (χ1) is 12.0. The molecule has 2 aromatic carbocycles. The molecule has 128 valence electrons. The van der Waals surface area contributed by atoms with Gasteiger partial charge in [0, 0.05) is 23.6 Å². The molecule has 7 heteroatoms. The molecule has 2 aromatic rings. The summed E-state index contributed by atoms with van der Waals surface area (Å²) in [5.41, 5.74) is 1.81. The molecule has 6 nitrogen and oxygen atoms in total. The van der Waals surface area contributed by atoms with E-state index in [-0.39, 0.29) is 37.1 Å². The summed E-state index contributed by atoms with van der Waals surface area (Å²) in [7, 11) is 0. The molecule has 1 aliphatic rings. The Labute approximate surface area is 149 Å². The number of amides is 3. The molecule has 25 heavy (non-hydrogen) atoms. The van der Waals surface area contributed by atoms with Crippen molar-refractivity contribution >= 4 is 46.4 Å². The van der Waals surface area contributed by atoms with Gasteiger partial charge >= 0.3 is 0 Å². The van der Waals surface area contributed by atoms with Crippen LogP contribution in [0.5, 0.6) is 0 Å². The topological polar surface area (TPSA) is 78.5 Å². The van der Waals surface area contributed by atoms with Crippen molar-refractivity contribution in [2.75, 3.05) is 22.1 Å². The number of hydrogen-bond acceptors (Lipinski definition) is 3. The molecule has 1 aliphatic heterocycles. The van der Waals surface area contributed by atoms with E-state index in [0.29, 0.717) is 22.1 Å². The van der Waals surface area contributed by atoms with E-state index in [2.05, 4.69) is 10.6 Å². The third-order valence-corrected chi connectivity index (χ3v) is 3.98. The van der Waals surface area contributed by atoms with Crippen LogP contribution in [0.4, 0.5) is 17.1 Å². The Kier molecular flexibility index (Phi) is 5.00. The second-order valence-corrected chi connectivity index (χ2v) is 6.04. The number of para-hydroxylation sites is 2. The first kappa shape index (κ1) is 17.0. The molecule has 0 bridgehead atoms. The van der Waals surface area contributed by atoms with Crippen molar-refractivity contribution in [3.05, 3.63) is 53.6 Å². The van der Waals surface area contributed by atoms with Gasteiger partial charge in [0.25, 0.3) is 0 Å². The number of anilines is 3. The second-order valence-electron chi connectivity index (χ2n) is 5.60. The fourth-order valence-electron chi connectivity index (χ4n) is 2.60. The maximum Gasteiger partial charge on any atom is 0.244 e. The van der Waals surface area contributed by atoms with Crippen molar-refractivity contribution in [2.24, 2.45) is 0 Å². The van der Waals surface area contributed by atoms with Crippen LogP contribution in [-0.4, -0.2) is 24.3 Å². The van der Waals surface area contributed by atoms with Crippen molar-refractivity contribution in [1.29, 1.82) is 0 Å². The zero-order chi connectivity index (χ0) is 17.8. The van der Waals surface area contributed by atoms with Gasteiger partial charge in [-0.3, -0.25) is 14.4 Å². The summed E-state index contributed by atoms with van der Waals surface area (Å²) in [6.45, 7) is -0.0498. The van der Waals surface area contributed by atoms with Gasteiger partial charge < -0.3 is 15.5 Å². The quantitative estimate of drug-likeness (QED) is 0.882. The molecule has 1 heterocycles. The monoisotopic (exact) mass is 357 g/mol. The Balaban J connectivity index is 1.61. The predicted molar refractivity (Wildman–Crippen MR) is 96.7 cm³/mol. The first-order valence-corrected chi connectivity index (χ1v) is 8.15. The van der Waals surface area contributed by atoms with Crippen molar-refractivity contribution < 1.29 is 14.4 Å². The summed E-state index contributed by atoms with van der Waals surface area (Å²) >= 11 is 5.87. The number of hydrogen-bond donors (Lipinski definition) is 2. The Bertz CT molecular complexity index is 838. The van der Waals surface area contributed by atoms with E-state index in [0.717, 1.165) is 0 Å². The van der Waals surface area contributed by atoms with E-state index in [4.69, 9.17) is 11.6 Å². The number of carbonyl (C=O) groups excluding carboxylic acids is 3. The normalized spacial score (nSPS) is 13.0. The lowest BCUT2D eigenvalue weighted by atomic mass is 10.1. The molecular weight excluding hydrogens is 342 g/mol. The van der Waals surface area contributed by atoms with Crippen molar-refractivity contribution in [2.45, 2.75) is 12.8 Å². The highest BCUT2D eigenvalue weighted by Crippen LogP contribution is 2.29. The van der Waals surface area contributed by atoms with Gasteiger partial charge in [-0.15, -0.1) is 0 Å². The number of nitrogens with one attached hydrogen (secondary N) is 2. The average Bonchev–Trinajstić information content (AvgIpc) is 2.59. The Hall–Kier alpha value is -2.86. The minimum atomic E-state index is -0.287. The Morgan fingerprint density at radius 2 is 1.92 bits per heavy atom. The van der Waals surface area contributed by atoms with Crippen LogP contribution < -0.4 is 15.5 Å². The summed E-state index contributed by atoms with van der Waals surface area (Å²) in [5, 5.41) is 5.94. The smallest absolute Gasteiger partial charge is 0.244 e. The van der Waals surface area contributed by atoms with Crippen molar-refractivity contribution in [3.8, 4) is 0 Å². The van der Waals surface area contributed by atoms with Crippen molar-refractivity contribution in [1.82, 2.24) is 0 Å². The fourth-order valence-corrected chi connectivity index (χ4v) is 2.79. The van der Waals surface area contributed by atoms with Crippen LogP contribution in [0.3, 0.4) is 0 Å². The van der Waals surface area contributed by atoms with E-state index in [1.54, 1.807) is 48.5 Å². The fraction of sp³-hybridized carbons (Fsp3) is 0.167. The van der Waals surface area contributed by atoms with Crippen LogP contribution in [0.1, 0.15) is 12.8 Å². The summed E-state index contributed by atoms with van der Waals surface area (Å²) in [6.07, 6.45) is 0.0274. The zero-order valence-corrected chi connectivity index (χ0v) is 14.0. The molecule has 0 saturated carbocycles. The third kappa shape index (κ3) is 4.16. The highest BCUT2D eigenvalue weighted by atomic mass is 35.5. The standard InChI is InChI=1S/C18H16ClN3O3/c19-12-4-3-5-13(10-12)20-16(23)8-9-18(25)22-11-17(24)21-14-6-1-2-7-15(14)22/h1-7,10H,8-9,11H2,(H,20,23)(H,21,24). The first-order valence-electron chi connectivity index (χ1n) is 7.77. The van der Waals surface area contributed by atoms with Crippen LogP contribution >= 0.6 is 11.6 Å². The van der Waals surface area contributed by atoms with Crippen LogP contribution in [-0.2, 0) is 14.4 Å². The van der Waals surface area contributed by atoms with Gasteiger partial charge in [-0.1, -0.05) is 29.8 Å².